The second kappa shape index (κ2) is 6.75. The highest BCUT2D eigenvalue weighted by atomic mass is 19.1. The second-order valence-corrected chi connectivity index (χ2v) is 6.16. The first-order chi connectivity index (χ1) is 10.7. The molecule has 1 aromatic carbocycles. The topological polar surface area (TPSA) is 38.8 Å². The number of carbonyl (C=O) groups excluding carboxylic acids is 1. The van der Waals surface area contributed by atoms with Gasteiger partial charge in [0.25, 0.3) is 0 Å². The van der Waals surface area contributed by atoms with Gasteiger partial charge >= 0.3 is 0 Å². The third kappa shape index (κ3) is 3.31. The first-order valence-electron chi connectivity index (χ1n) is 7.82. The van der Waals surface area contributed by atoms with Crippen LogP contribution in [0.5, 0.6) is 0 Å². The molecule has 1 aromatic rings. The average molecular weight is 307 g/mol. The van der Waals surface area contributed by atoms with Gasteiger partial charge in [0.15, 0.2) is 0 Å². The number of benzene rings is 1. The van der Waals surface area contributed by atoms with Crippen molar-refractivity contribution in [1.29, 1.82) is 0 Å². The molecular weight excluding hydrogens is 285 g/mol. The molecule has 0 bridgehead atoms. The predicted molar refractivity (Wildman–Crippen MR) is 79.9 cm³/mol. The van der Waals surface area contributed by atoms with Gasteiger partial charge in [-0.3, -0.25) is 4.79 Å². The number of morpholine rings is 1. The van der Waals surface area contributed by atoms with Crippen LogP contribution < -0.4 is 0 Å². The normalized spacial score (nSPS) is 27.7. The summed E-state index contributed by atoms with van der Waals surface area (Å²) in [6.45, 7) is 1.95. The molecule has 120 valence electrons. The van der Waals surface area contributed by atoms with E-state index < -0.39 is 0 Å². The number of nitrogens with zero attached hydrogens (tertiary/aromatic N) is 1. The van der Waals surface area contributed by atoms with Crippen LogP contribution >= 0.6 is 0 Å². The van der Waals surface area contributed by atoms with E-state index in [1.165, 1.54) is 12.1 Å². The Morgan fingerprint density at radius 1 is 1.36 bits per heavy atom. The van der Waals surface area contributed by atoms with Crippen LogP contribution in [-0.4, -0.2) is 49.8 Å². The number of hydrogen-bond acceptors (Lipinski definition) is 3. The molecule has 3 rings (SSSR count). The lowest BCUT2D eigenvalue weighted by molar-refractivity contribution is -0.143. The number of hydrogen-bond donors (Lipinski definition) is 0. The highest BCUT2D eigenvalue weighted by molar-refractivity contribution is 5.79. The first kappa shape index (κ1) is 15.4. The van der Waals surface area contributed by atoms with Crippen molar-refractivity contribution in [2.45, 2.75) is 31.4 Å². The standard InChI is InChI=1S/C17H22FNO3/c1-21-11-13-8-15-16(9-13)22-7-6-19(15)17(20)10-12-2-4-14(18)5-3-12/h2-5,13,15-16H,6-11H2,1H3/t13-,15-,16+/m0/s1. The maximum absolute atomic E-state index is 12.9. The lowest BCUT2D eigenvalue weighted by Crippen LogP contribution is -2.51. The van der Waals surface area contributed by atoms with Crippen LogP contribution in [0, 0.1) is 11.7 Å². The molecule has 0 aromatic heterocycles. The van der Waals surface area contributed by atoms with Crippen LogP contribution in [0.1, 0.15) is 18.4 Å². The predicted octanol–water partition coefficient (Wildman–Crippen LogP) is 2.02. The number of carbonyl (C=O) groups is 1. The number of rotatable bonds is 4. The van der Waals surface area contributed by atoms with Gasteiger partial charge in [-0.05, 0) is 36.5 Å². The summed E-state index contributed by atoms with van der Waals surface area (Å²) in [6, 6.07) is 6.30. The van der Waals surface area contributed by atoms with Crippen LogP contribution in [0.25, 0.3) is 0 Å². The maximum atomic E-state index is 12.9. The van der Waals surface area contributed by atoms with Gasteiger partial charge < -0.3 is 14.4 Å². The average Bonchev–Trinajstić information content (AvgIpc) is 2.92. The fourth-order valence-electron chi connectivity index (χ4n) is 3.61. The van der Waals surface area contributed by atoms with E-state index in [0.29, 0.717) is 25.5 Å². The quantitative estimate of drug-likeness (QED) is 0.854. The van der Waals surface area contributed by atoms with Gasteiger partial charge in [0.1, 0.15) is 5.82 Å². The third-order valence-corrected chi connectivity index (χ3v) is 4.63. The van der Waals surface area contributed by atoms with Crippen LogP contribution in [0.4, 0.5) is 4.39 Å². The number of halogens is 1. The van der Waals surface area contributed by atoms with E-state index in [9.17, 15) is 9.18 Å². The van der Waals surface area contributed by atoms with Gasteiger partial charge in [0.2, 0.25) is 5.91 Å². The Labute approximate surface area is 130 Å². The molecule has 1 heterocycles. The van der Waals surface area contributed by atoms with Crippen molar-refractivity contribution in [3.63, 3.8) is 0 Å². The summed E-state index contributed by atoms with van der Waals surface area (Å²) in [5, 5.41) is 0. The van der Waals surface area contributed by atoms with Crippen LogP contribution in [0.3, 0.4) is 0 Å². The molecule has 3 atom stereocenters. The van der Waals surface area contributed by atoms with Gasteiger partial charge in [-0.25, -0.2) is 4.39 Å². The van der Waals surface area contributed by atoms with Crippen molar-refractivity contribution < 1.29 is 18.7 Å². The first-order valence-corrected chi connectivity index (χ1v) is 7.82. The van der Waals surface area contributed by atoms with Crippen LogP contribution in [0.15, 0.2) is 24.3 Å². The molecule has 1 saturated carbocycles. The van der Waals surface area contributed by atoms with Gasteiger partial charge in [0.05, 0.1) is 25.2 Å². The van der Waals surface area contributed by atoms with Crippen LogP contribution in [-0.2, 0) is 20.7 Å². The summed E-state index contributed by atoms with van der Waals surface area (Å²) in [6.07, 6.45) is 2.34. The highest BCUT2D eigenvalue weighted by Crippen LogP contribution is 2.34. The minimum Gasteiger partial charge on any atom is -0.384 e. The molecule has 0 radical (unpaired) electrons. The molecule has 2 aliphatic rings. The van der Waals surface area contributed by atoms with E-state index in [1.807, 2.05) is 4.90 Å². The van der Waals surface area contributed by atoms with Crippen molar-refractivity contribution >= 4 is 5.91 Å². The lowest BCUT2D eigenvalue weighted by Gasteiger charge is -2.37. The zero-order valence-corrected chi connectivity index (χ0v) is 12.8. The van der Waals surface area contributed by atoms with E-state index >= 15 is 0 Å². The zero-order chi connectivity index (χ0) is 15.5. The molecule has 1 aliphatic carbocycles. The summed E-state index contributed by atoms with van der Waals surface area (Å²) in [5.74, 6) is 0.281. The number of fused-ring (bicyclic) bond motifs is 1. The smallest absolute Gasteiger partial charge is 0.227 e. The maximum Gasteiger partial charge on any atom is 0.227 e. The molecule has 1 amide bonds. The molecular formula is C17H22FNO3. The zero-order valence-electron chi connectivity index (χ0n) is 12.8. The molecule has 1 aliphatic heterocycles. The Balaban J connectivity index is 1.65. The van der Waals surface area contributed by atoms with Crippen molar-refractivity contribution in [1.82, 2.24) is 4.90 Å². The van der Waals surface area contributed by atoms with Gasteiger partial charge in [-0.2, -0.15) is 0 Å². The molecule has 1 saturated heterocycles. The van der Waals surface area contributed by atoms with E-state index in [-0.39, 0.29) is 23.9 Å². The summed E-state index contributed by atoms with van der Waals surface area (Å²) in [4.78, 5) is 14.6. The fraction of sp³-hybridized carbons (Fsp3) is 0.588. The molecule has 5 heteroatoms. The molecule has 0 unspecified atom stereocenters. The fourth-order valence-corrected chi connectivity index (χ4v) is 3.61. The van der Waals surface area contributed by atoms with Crippen LogP contribution in [0.2, 0.25) is 0 Å². The minimum absolute atomic E-state index is 0.1000. The number of methoxy groups -OCH3 is 1. The Kier molecular flexibility index (Phi) is 4.74. The molecule has 2 fully saturated rings. The Morgan fingerprint density at radius 3 is 2.86 bits per heavy atom. The Bertz CT molecular complexity index is 519. The minimum atomic E-state index is -0.277. The summed E-state index contributed by atoms with van der Waals surface area (Å²) >= 11 is 0. The van der Waals surface area contributed by atoms with Crippen molar-refractivity contribution in [3.05, 3.63) is 35.6 Å². The highest BCUT2D eigenvalue weighted by Gasteiger charge is 2.42. The summed E-state index contributed by atoms with van der Waals surface area (Å²) < 4.78 is 24.0. The SMILES string of the molecule is COC[C@@H]1C[C@H]2OCCN(C(=O)Cc3ccc(F)cc3)[C@H]2C1. The van der Waals surface area contributed by atoms with Crippen molar-refractivity contribution in [3.8, 4) is 0 Å². The monoisotopic (exact) mass is 307 g/mol. The van der Waals surface area contributed by atoms with Gasteiger partial charge in [-0.1, -0.05) is 12.1 Å². The number of amides is 1. The molecule has 0 N–H and O–H groups in total. The van der Waals surface area contributed by atoms with E-state index in [1.54, 1.807) is 19.2 Å². The molecule has 22 heavy (non-hydrogen) atoms. The molecule has 0 spiro atoms. The lowest BCUT2D eigenvalue weighted by atomic mass is 10.1. The summed E-state index contributed by atoms with van der Waals surface area (Å²) in [5.41, 5.74) is 0.848. The summed E-state index contributed by atoms with van der Waals surface area (Å²) in [7, 11) is 1.71. The van der Waals surface area contributed by atoms with Gasteiger partial charge in [0, 0.05) is 20.3 Å². The van der Waals surface area contributed by atoms with E-state index in [0.717, 1.165) is 25.0 Å². The largest absolute Gasteiger partial charge is 0.384 e. The number of ether oxygens (including phenoxy) is 2. The van der Waals surface area contributed by atoms with Gasteiger partial charge in [-0.15, -0.1) is 0 Å². The Hall–Kier alpha value is -1.46. The Morgan fingerprint density at radius 2 is 2.14 bits per heavy atom. The molecule has 4 nitrogen and oxygen atoms in total. The third-order valence-electron chi connectivity index (χ3n) is 4.63. The van der Waals surface area contributed by atoms with Crippen molar-refractivity contribution in [2.24, 2.45) is 5.92 Å². The van der Waals surface area contributed by atoms with Crippen molar-refractivity contribution in [2.75, 3.05) is 26.9 Å². The van der Waals surface area contributed by atoms with E-state index in [4.69, 9.17) is 9.47 Å². The van der Waals surface area contributed by atoms with E-state index in [2.05, 4.69) is 0 Å². The second-order valence-electron chi connectivity index (χ2n) is 6.16.